The Bertz CT molecular complexity index is 1280. The van der Waals surface area contributed by atoms with E-state index in [1.165, 1.54) is 23.2 Å². The molecule has 0 aliphatic carbocycles. The highest BCUT2D eigenvalue weighted by atomic mass is 35.5. The number of hydrogen-bond acceptors (Lipinski definition) is 5. The highest BCUT2D eigenvalue weighted by molar-refractivity contribution is 6.51. The maximum absolute atomic E-state index is 13.8. The zero-order valence-electron chi connectivity index (χ0n) is 17.9. The van der Waals surface area contributed by atoms with E-state index in [-0.39, 0.29) is 22.0 Å². The van der Waals surface area contributed by atoms with E-state index >= 15 is 0 Å². The Morgan fingerprint density at radius 2 is 1.97 bits per heavy atom. The van der Waals surface area contributed by atoms with Gasteiger partial charge in [0.25, 0.3) is 11.7 Å². The number of pyridine rings is 1. The lowest BCUT2D eigenvalue weighted by molar-refractivity contribution is -0.132. The second-order valence-corrected chi connectivity index (χ2v) is 7.84. The molecule has 4 rings (SSSR count). The predicted molar refractivity (Wildman–Crippen MR) is 123 cm³/mol. The van der Waals surface area contributed by atoms with Gasteiger partial charge in [-0.1, -0.05) is 17.7 Å². The lowest BCUT2D eigenvalue weighted by Gasteiger charge is -2.24. The predicted octanol–water partition coefficient (Wildman–Crippen LogP) is 5.21. The first kappa shape index (κ1) is 22.5. The van der Waals surface area contributed by atoms with Crippen LogP contribution in [0.2, 0.25) is 5.02 Å². The summed E-state index contributed by atoms with van der Waals surface area (Å²) in [5.74, 6) is -2.11. The zero-order chi connectivity index (χ0) is 23.7. The smallest absolute Gasteiger partial charge is 0.300 e. The Morgan fingerprint density at radius 3 is 2.61 bits per heavy atom. The highest BCUT2D eigenvalue weighted by Gasteiger charge is 2.47. The number of hydrogen-bond donors (Lipinski definition) is 1. The minimum atomic E-state index is -1.03. The Hall–Kier alpha value is -3.71. The van der Waals surface area contributed by atoms with Crippen LogP contribution in [0.1, 0.15) is 29.8 Å². The van der Waals surface area contributed by atoms with Crippen LogP contribution in [-0.2, 0) is 9.59 Å². The summed E-state index contributed by atoms with van der Waals surface area (Å²) in [7, 11) is 0. The number of aromatic nitrogens is 1. The van der Waals surface area contributed by atoms with Crippen LogP contribution in [0.4, 0.5) is 10.1 Å². The van der Waals surface area contributed by atoms with Crippen LogP contribution in [0.25, 0.3) is 5.76 Å². The van der Waals surface area contributed by atoms with E-state index in [1.54, 1.807) is 36.4 Å². The van der Waals surface area contributed by atoms with Crippen LogP contribution >= 0.6 is 11.6 Å². The summed E-state index contributed by atoms with van der Waals surface area (Å²) in [6.07, 6.45) is 1.52. The minimum absolute atomic E-state index is 0.122. The van der Waals surface area contributed by atoms with Crippen molar-refractivity contribution < 1.29 is 23.8 Å². The average Bonchev–Trinajstić information content (AvgIpc) is 3.08. The molecule has 1 amide bonds. The number of ether oxygens (including phenoxy) is 1. The number of rotatable bonds is 5. The third-order valence-electron chi connectivity index (χ3n) is 5.34. The molecule has 2 heterocycles. The first-order valence-corrected chi connectivity index (χ1v) is 10.6. The zero-order valence-corrected chi connectivity index (χ0v) is 18.6. The Balaban J connectivity index is 1.91. The van der Waals surface area contributed by atoms with Crippen LogP contribution in [0, 0.1) is 12.7 Å². The van der Waals surface area contributed by atoms with Crippen LogP contribution < -0.4 is 9.64 Å². The lowest BCUT2D eigenvalue weighted by Crippen LogP contribution is -2.29. The molecule has 0 spiro atoms. The van der Waals surface area contributed by atoms with Gasteiger partial charge >= 0.3 is 0 Å². The van der Waals surface area contributed by atoms with E-state index in [0.29, 0.717) is 23.6 Å². The fourth-order valence-electron chi connectivity index (χ4n) is 3.82. The lowest BCUT2D eigenvalue weighted by atomic mass is 9.97. The number of aliphatic hydroxyl groups is 1. The molecule has 8 heteroatoms. The fraction of sp³-hybridized carbons (Fsp3) is 0.160. The van der Waals surface area contributed by atoms with Gasteiger partial charge in [0.15, 0.2) is 0 Å². The number of halogens is 2. The number of aryl methyl sites for hydroxylation is 1. The molecule has 1 unspecified atom stereocenters. The molecular weight excluding hydrogens is 447 g/mol. The van der Waals surface area contributed by atoms with Crippen molar-refractivity contribution in [1.29, 1.82) is 0 Å². The second-order valence-electron chi connectivity index (χ2n) is 7.44. The molecule has 0 bridgehead atoms. The molecule has 1 aliphatic rings. The van der Waals surface area contributed by atoms with Gasteiger partial charge < -0.3 is 9.84 Å². The SMILES string of the molecule is CCOc1ccc(/C(O)=C2\C(=O)C(=O)N(c3ccc(F)c(Cl)c3)C2c2ccccn2)cc1C. The third kappa shape index (κ3) is 4.07. The number of Topliss-reactive ketones (excluding diaryl/α,β-unsaturated/α-hetero) is 1. The first-order valence-electron chi connectivity index (χ1n) is 10.2. The number of carbonyl (C=O) groups excluding carboxylic acids is 2. The summed E-state index contributed by atoms with van der Waals surface area (Å²) >= 11 is 5.94. The molecule has 168 valence electrons. The summed E-state index contributed by atoms with van der Waals surface area (Å²) in [4.78, 5) is 31.7. The molecule has 1 fully saturated rings. The summed E-state index contributed by atoms with van der Waals surface area (Å²) in [6, 6.07) is 12.7. The number of anilines is 1. The number of carbonyl (C=O) groups is 2. The molecule has 3 aromatic rings. The van der Waals surface area contributed by atoms with Gasteiger partial charge in [0.05, 0.1) is 22.9 Å². The minimum Gasteiger partial charge on any atom is -0.507 e. The van der Waals surface area contributed by atoms with Crippen LogP contribution in [0.15, 0.2) is 66.4 Å². The van der Waals surface area contributed by atoms with Gasteiger partial charge in [0.2, 0.25) is 0 Å². The van der Waals surface area contributed by atoms with Crippen molar-refractivity contribution in [3.05, 3.63) is 94.0 Å². The summed E-state index contributed by atoms with van der Waals surface area (Å²) in [6.45, 7) is 4.16. The molecule has 1 atom stereocenters. The van der Waals surface area contributed by atoms with Gasteiger partial charge in [-0.25, -0.2) is 4.39 Å². The van der Waals surface area contributed by atoms with E-state index in [4.69, 9.17) is 16.3 Å². The van der Waals surface area contributed by atoms with E-state index in [2.05, 4.69) is 4.98 Å². The maximum atomic E-state index is 13.8. The summed E-state index contributed by atoms with van der Waals surface area (Å²) < 4.78 is 19.3. The summed E-state index contributed by atoms with van der Waals surface area (Å²) in [5.41, 5.74) is 1.56. The molecule has 33 heavy (non-hydrogen) atoms. The molecular formula is C25H20ClFN2O4. The number of benzene rings is 2. The van der Waals surface area contributed by atoms with Crippen LogP contribution in [0.5, 0.6) is 5.75 Å². The van der Waals surface area contributed by atoms with Gasteiger partial charge in [-0.15, -0.1) is 0 Å². The number of nitrogens with zero attached hydrogens (tertiary/aromatic N) is 2. The monoisotopic (exact) mass is 466 g/mol. The Labute approximate surface area is 194 Å². The quantitative estimate of drug-likeness (QED) is 0.317. The first-order chi connectivity index (χ1) is 15.8. The van der Waals surface area contributed by atoms with Crippen molar-refractivity contribution in [2.24, 2.45) is 0 Å². The highest BCUT2D eigenvalue weighted by Crippen LogP contribution is 2.42. The van der Waals surface area contributed by atoms with Gasteiger partial charge in [-0.3, -0.25) is 19.5 Å². The number of amides is 1. The van der Waals surface area contributed by atoms with Gasteiger partial charge in [0.1, 0.15) is 23.4 Å². The van der Waals surface area contributed by atoms with E-state index in [9.17, 15) is 19.1 Å². The largest absolute Gasteiger partial charge is 0.507 e. The van der Waals surface area contributed by atoms with E-state index in [1.807, 2.05) is 13.8 Å². The van der Waals surface area contributed by atoms with Crippen molar-refractivity contribution in [3.63, 3.8) is 0 Å². The average molecular weight is 467 g/mol. The van der Waals surface area contributed by atoms with Crippen molar-refractivity contribution in [2.75, 3.05) is 11.5 Å². The number of ketones is 1. The van der Waals surface area contributed by atoms with Crippen molar-refractivity contribution in [3.8, 4) is 5.75 Å². The molecule has 6 nitrogen and oxygen atoms in total. The third-order valence-corrected chi connectivity index (χ3v) is 5.63. The van der Waals surface area contributed by atoms with Crippen LogP contribution in [0.3, 0.4) is 0 Å². The van der Waals surface area contributed by atoms with Crippen molar-refractivity contribution in [1.82, 2.24) is 4.98 Å². The second kappa shape index (κ2) is 9.03. The Morgan fingerprint density at radius 1 is 1.18 bits per heavy atom. The molecule has 1 N–H and O–H groups in total. The van der Waals surface area contributed by atoms with E-state index < -0.39 is 23.5 Å². The maximum Gasteiger partial charge on any atom is 0.300 e. The normalized spacial score (nSPS) is 17.5. The Kier molecular flexibility index (Phi) is 6.16. The van der Waals surface area contributed by atoms with Crippen molar-refractivity contribution >= 4 is 34.7 Å². The van der Waals surface area contributed by atoms with E-state index in [0.717, 1.165) is 11.6 Å². The van der Waals surface area contributed by atoms with Crippen LogP contribution in [-0.4, -0.2) is 28.4 Å². The molecule has 1 aliphatic heterocycles. The molecule has 0 radical (unpaired) electrons. The molecule has 1 aromatic heterocycles. The topological polar surface area (TPSA) is 79.7 Å². The fourth-order valence-corrected chi connectivity index (χ4v) is 4.00. The van der Waals surface area contributed by atoms with Gasteiger partial charge in [-0.05, 0) is 67.9 Å². The molecule has 0 saturated carbocycles. The van der Waals surface area contributed by atoms with Crippen molar-refractivity contribution in [2.45, 2.75) is 19.9 Å². The molecule has 2 aromatic carbocycles. The summed E-state index contributed by atoms with van der Waals surface area (Å²) in [5, 5.41) is 11.0. The molecule has 1 saturated heterocycles. The standard InChI is InChI=1S/C25H20ClFN2O4/c1-3-33-20-10-7-15(12-14(20)2)23(30)21-22(19-6-4-5-11-28-19)29(25(32)24(21)31)16-8-9-18(27)17(26)13-16/h4-13,22,30H,3H2,1-2H3/b23-21+. The van der Waals surface area contributed by atoms with Gasteiger partial charge in [0, 0.05) is 17.4 Å². The van der Waals surface area contributed by atoms with Gasteiger partial charge in [-0.2, -0.15) is 0 Å². The number of aliphatic hydroxyl groups excluding tert-OH is 1.